The molecule has 0 aliphatic carbocycles. The van der Waals surface area contributed by atoms with Crippen LogP contribution in [0.1, 0.15) is 31.9 Å². The van der Waals surface area contributed by atoms with Crippen LogP contribution in [0.25, 0.3) is 0 Å². The van der Waals surface area contributed by atoms with E-state index < -0.39 is 0 Å². The number of nitrogens with zero attached hydrogens (tertiary/aromatic N) is 4. The minimum Gasteiger partial charge on any atom is -0.382 e. The molecule has 1 rings (SSSR count). The quantitative estimate of drug-likeness (QED) is 0.227. The maximum absolute atomic E-state index is 5.33. The molecule has 8 nitrogen and oxygen atoms in total. The van der Waals surface area contributed by atoms with Crippen molar-refractivity contribution in [3.05, 3.63) is 11.6 Å². The molecule has 2 N–H and O–H groups in total. The Morgan fingerprint density at radius 1 is 1.08 bits per heavy atom. The van der Waals surface area contributed by atoms with E-state index in [2.05, 4.69) is 25.8 Å². The van der Waals surface area contributed by atoms with Crippen molar-refractivity contribution >= 4 is 29.9 Å². The third-order valence-corrected chi connectivity index (χ3v) is 3.27. The molecule has 0 atom stereocenters. The van der Waals surface area contributed by atoms with Crippen molar-refractivity contribution in [1.82, 2.24) is 25.4 Å². The van der Waals surface area contributed by atoms with Gasteiger partial charge in [0.25, 0.3) is 0 Å². The summed E-state index contributed by atoms with van der Waals surface area (Å²) in [7, 11) is 1.94. The molecule has 0 amide bonds. The lowest BCUT2D eigenvalue weighted by Gasteiger charge is -2.12. The summed E-state index contributed by atoms with van der Waals surface area (Å²) >= 11 is 0. The van der Waals surface area contributed by atoms with Crippen LogP contribution in [0.5, 0.6) is 0 Å². The maximum atomic E-state index is 5.33. The Labute approximate surface area is 161 Å². The number of ether oxygens (including phenoxy) is 2. The Hall–Kier alpha value is -0.940. The van der Waals surface area contributed by atoms with Gasteiger partial charge in [0.1, 0.15) is 12.4 Å². The zero-order chi connectivity index (χ0) is 16.9. The second-order valence-corrected chi connectivity index (χ2v) is 4.99. The van der Waals surface area contributed by atoms with Crippen molar-refractivity contribution in [3.8, 4) is 0 Å². The molecule has 1 aromatic rings. The predicted octanol–water partition coefficient (Wildman–Crippen LogP) is 1.24. The molecule has 0 fully saturated rings. The first kappa shape index (κ1) is 23.1. The van der Waals surface area contributed by atoms with Crippen LogP contribution in [0.3, 0.4) is 0 Å². The van der Waals surface area contributed by atoms with Gasteiger partial charge in [-0.05, 0) is 27.2 Å². The number of hydrogen-bond donors (Lipinski definition) is 2. The van der Waals surface area contributed by atoms with Gasteiger partial charge in [-0.1, -0.05) is 0 Å². The van der Waals surface area contributed by atoms with Crippen LogP contribution in [-0.4, -0.2) is 60.2 Å². The monoisotopic (exact) mass is 454 g/mol. The Kier molecular flexibility index (Phi) is 13.8. The molecule has 0 aromatic carbocycles. The fraction of sp³-hybridized carbons (Fsp3) is 0.800. The third-order valence-electron chi connectivity index (χ3n) is 3.27. The molecule has 0 saturated heterocycles. The molecule has 0 spiro atoms. The van der Waals surface area contributed by atoms with E-state index >= 15 is 0 Å². The Balaban J connectivity index is 0.00000529. The van der Waals surface area contributed by atoms with Gasteiger partial charge in [-0.3, -0.25) is 0 Å². The first-order valence-corrected chi connectivity index (χ1v) is 8.21. The number of aliphatic imine (C=N–C) groups is 1. The van der Waals surface area contributed by atoms with Crippen LogP contribution in [0.2, 0.25) is 0 Å². The first-order chi connectivity index (χ1) is 11.2. The topological polar surface area (TPSA) is 85.6 Å². The highest BCUT2D eigenvalue weighted by atomic mass is 127. The van der Waals surface area contributed by atoms with Crippen LogP contribution in [0, 0.1) is 6.92 Å². The highest BCUT2D eigenvalue weighted by Gasteiger charge is 2.05. The highest BCUT2D eigenvalue weighted by molar-refractivity contribution is 14.0. The number of halogens is 1. The van der Waals surface area contributed by atoms with Crippen molar-refractivity contribution in [2.75, 3.05) is 39.5 Å². The molecule has 140 valence electrons. The van der Waals surface area contributed by atoms with Gasteiger partial charge in [0.05, 0.1) is 6.61 Å². The molecule has 0 radical (unpaired) electrons. The maximum Gasteiger partial charge on any atom is 0.191 e. The second kappa shape index (κ2) is 14.4. The van der Waals surface area contributed by atoms with Gasteiger partial charge in [0.2, 0.25) is 0 Å². The van der Waals surface area contributed by atoms with Crippen molar-refractivity contribution in [1.29, 1.82) is 0 Å². The molecule has 0 bridgehead atoms. The number of rotatable bonds is 11. The van der Waals surface area contributed by atoms with Gasteiger partial charge in [-0.15, -0.1) is 34.2 Å². The summed E-state index contributed by atoms with van der Waals surface area (Å²) in [6.45, 7) is 10.8. The van der Waals surface area contributed by atoms with Crippen LogP contribution in [0.4, 0.5) is 0 Å². The van der Waals surface area contributed by atoms with Gasteiger partial charge in [0.15, 0.2) is 11.8 Å². The Morgan fingerprint density at radius 2 is 1.75 bits per heavy atom. The number of nitrogens with one attached hydrogen (secondary N) is 2. The average molecular weight is 454 g/mol. The molecule has 1 heterocycles. The zero-order valence-electron chi connectivity index (χ0n) is 15.2. The largest absolute Gasteiger partial charge is 0.382 e. The van der Waals surface area contributed by atoms with E-state index in [9.17, 15) is 0 Å². The number of guanidine groups is 1. The zero-order valence-corrected chi connectivity index (χ0v) is 17.5. The molecule has 24 heavy (non-hydrogen) atoms. The molecule has 9 heteroatoms. The van der Waals surface area contributed by atoms with E-state index in [1.807, 2.05) is 32.4 Å². The fourth-order valence-electron chi connectivity index (χ4n) is 1.82. The van der Waals surface area contributed by atoms with Crippen LogP contribution in [-0.2, 0) is 23.1 Å². The fourth-order valence-corrected chi connectivity index (χ4v) is 1.82. The van der Waals surface area contributed by atoms with Crippen molar-refractivity contribution in [2.45, 2.75) is 33.7 Å². The molecule has 0 saturated carbocycles. The highest BCUT2D eigenvalue weighted by Crippen LogP contribution is 1.98. The van der Waals surface area contributed by atoms with Gasteiger partial charge < -0.3 is 24.7 Å². The molecule has 0 aliphatic rings. The molecule has 0 unspecified atom stereocenters. The summed E-state index contributed by atoms with van der Waals surface area (Å²) in [5.41, 5.74) is 0. The lowest BCUT2D eigenvalue weighted by atomic mass is 10.4. The van der Waals surface area contributed by atoms with E-state index in [4.69, 9.17) is 9.47 Å². The summed E-state index contributed by atoms with van der Waals surface area (Å²) in [6, 6.07) is 0. The summed E-state index contributed by atoms with van der Waals surface area (Å²) < 4.78 is 12.6. The van der Waals surface area contributed by atoms with Crippen molar-refractivity contribution < 1.29 is 9.47 Å². The van der Waals surface area contributed by atoms with Crippen LogP contribution in [0.15, 0.2) is 4.99 Å². The predicted molar refractivity (Wildman–Crippen MR) is 106 cm³/mol. The Bertz CT molecular complexity index is 467. The number of aromatic nitrogens is 3. The lowest BCUT2D eigenvalue weighted by Crippen LogP contribution is -2.39. The molecule has 1 aromatic heterocycles. The van der Waals surface area contributed by atoms with Gasteiger partial charge >= 0.3 is 0 Å². The minimum absolute atomic E-state index is 0. The van der Waals surface area contributed by atoms with Gasteiger partial charge in [-0.25, -0.2) is 4.99 Å². The number of aryl methyl sites for hydroxylation is 1. The van der Waals surface area contributed by atoms with E-state index in [-0.39, 0.29) is 24.0 Å². The smallest absolute Gasteiger partial charge is 0.191 e. The molecular weight excluding hydrogens is 423 g/mol. The average Bonchev–Trinajstić information content (AvgIpc) is 2.87. The molecular formula is C15H31IN6O2. The van der Waals surface area contributed by atoms with E-state index in [1.54, 1.807) is 0 Å². The van der Waals surface area contributed by atoms with Crippen LogP contribution < -0.4 is 10.6 Å². The normalized spacial score (nSPS) is 11.2. The Morgan fingerprint density at radius 3 is 2.38 bits per heavy atom. The van der Waals surface area contributed by atoms with E-state index in [1.165, 1.54) is 0 Å². The van der Waals surface area contributed by atoms with Crippen molar-refractivity contribution in [2.24, 2.45) is 12.0 Å². The lowest BCUT2D eigenvalue weighted by molar-refractivity contribution is 0.145. The van der Waals surface area contributed by atoms with Gasteiger partial charge in [0, 0.05) is 40.0 Å². The second-order valence-electron chi connectivity index (χ2n) is 4.99. The third kappa shape index (κ3) is 9.38. The van der Waals surface area contributed by atoms with Crippen molar-refractivity contribution in [3.63, 3.8) is 0 Å². The molecule has 0 aliphatic heterocycles. The summed E-state index contributed by atoms with van der Waals surface area (Å²) in [5.74, 6) is 2.47. The van der Waals surface area contributed by atoms with E-state index in [0.717, 1.165) is 43.8 Å². The van der Waals surface area contributed by atoms with E-state index in [0.29, 0.717) is 26.3 Å². The van der Waals surface area contributed by atoms with Gasteiger partial charge in [-0.2, -0.15) is 0 Å². The summed E-state index contributed by atoms with van der Waals surface area (Å²) in [5, 5.41) is 14.7. The number of hydrogen-bond acceptors (Lipinski definition) is 5. The standard InChI is InChI=1S/C15H30N6O2.HI/c1-5-22-10-7-8-16-15(17-9-11-23-6-2)18-12-14-20-19-13(3)21(14)4;/h5-12H2,1-4H3,(H2,16,17,18);1H. The summed E-state index contributed by atoms with van der Waals surface area (Å²) in [4.78, 5) is 4.56. The minimum atomic E-state index is 0. The van der Waals surface area contributed by atoms with Crippen LogP contribution >= 0.6 is 24.0 Å². The summed E-state index contributed by atoms with van der Waals surface area (Å²) in [6.07, 6.45) is 0.934. The first-order valence-electron chi connectivity index (χ1n) is 8.21. The SMILES string of the molecule is CCOCCCNC(=NCc1nnc(C)n1C)NCCOCC.I.